The SMILES string of the molecule is COC1=CC(OC)C(OC)=C(C(=O)Nc2cccc(C3(C)CCSC(N)=N3)c2)C=C1. The Bertz CT molecular complexity index is 938. The molecule has 2 unspecified atom stereocenters. The fourth-order valence-electron chi connectivity index (χ4n) is 3.43. The third kappa shape index (κ3) is 4.71. The maximum absolute atomic E-state index is 13.1. The zero-order valence-electron chi connectivity index (χ0n) is 17.6. The molecule has 1 heterocycles. The summed E-state index contributed by atoms with van der Waals surface area (Å²) in [6, 6.07) is 7.69. The fourth-order valence-corrected chi connectivity index (χ4v) is 4.41. The lowest BCUT2D eigenvalue weighted by Gasteiger charge is -2.30. The van der Waals surface area contributed by atoms with Gasteiger partial charge in [0.1, 0.15) is 17.6 Å². The van der Waals surface area contributed by atoms with Crippen LogP contribution in [0.15, 0.2) is 64.6 Å². The molecule has 1 aromatic carbocycles. The van der Waals surface area contributed by atoms with Crippen LogP contribution in [0.5, 0.6) is 0 Å². The van der Waals surface area contributed by atoms with E-state index in [1.165, 1.54) is 7.11 Å². The molecule has 3 N–H and O–H groups in total. The number of ether oxygens (including phenoxy) is 3. The number of methoxy groups -OCH3 is 3. The van der Waals surface area contributed by atoms with Crippen LogP contribution in [0.25, 0.3) is 0 Å². The Hall–Kier alpha value is -2.71. The molecule has 1 aliphatic heterocycles. The van der Waals surface area contributed by atoms with Crippen molar-refractivity contribution in [1.29, 1.82) is 0 Å². The Morgan fingerprint density at radius 1 is 1.27 bits per heavy atom. The number of allylic oxidation sites excluding steroid dienone is 1. The number of amides is 1. The van der Waals surface area contributed by atoms with E-state index in [4.69, 9.17) is 19.9 Å². The second-order valence-corrected chi connectivity index (χ2v) is 8.22. The van der Waals surface area contributed by atoms with Crippen molar-refractivity contribution < 1.29 is 19.0 Å². The molecule has 0 saturated carbocycles. The second kappa shape index (κ2) is 9.40. The van der Waals surface area contributed by atoms with Gasteiger partial charge in [-0.15, -0.1) is 0 Å². The Morgan fingerprint density at radius 3 is 2.73 bits per heavy atom. The summed E-state index contributed by atoms with van der Waals surface area (Å²) in [5.41, 5.74) is 7.57. The second-order valence-electron chi connectivity index (χ2n) is 7.10. The Kier molecular flexibility index (Phi) is 6.89. The van der Waals surface area contributed by atoms with E-state index in [9.17, 15) is 4.79 Å². The summed E-state index contributed by atoms with van der Waals surface area (Å²) >= 11 is 1.56. The summed E-state index contributed by atoms with van der Waals surface area (Å²) < 4.78 is 16.3. The minimum atomic E-state index is -0.539. The van der Waals surface area contributed by atoms with Gasteiger partial charge >= 0.3 is 0 Å². The topological polar surface area (TPSA) is 95.2 Å². The van der Waals surface area contributed by atoms with Crippen molar-refractivity contribution >= 4 is 28.5 Å². The normalized spacial score (nSPS) is 23.9. The number of rotatable bonds is 6. The number of aliphatic imine (C=N–C) groups is 1. The van der Waals surface area contributed by atoms with E-state index < -0.39 is 11.6 Å². The number of amidine groups is 1. The Balaban J connectivity index is 1.89. The summed E-state index contributed by atoms with van der Waals surface area (Å²) in [7, 11) is 4.62. The quantitative estimate of drug-likeness (QED) is 0.720. The molecule has 0 spiro atoms. The standard InChI is InChI=1S/C22H27N3O4S/c1-22(10-11-30-21(23)25-22)14-6-5-7-15(12-14)24-20(26)17-9-8-16(27-2)13-18(28-3)19(17)29-4/h5-9,12-13,18H,10-11H2,1-4H3,(H2,23,25)(H,24,26). The van der Waals surface area contributed by atoms with Crippen LogP contribution in [0.2, 0.25) is 0 Å². The van der Waals surface area contributed by atoms with E-state index in [-0.39, 0.29) is 5.91 Å². The van der Waals surface area contributed by atoms with E-state index in [0.717, 1.165) is 17.7 Å². The number of carbonyl (C=O) groups is 1. The third-order valence-electron chi connectivity index (χ3n) is 5.15. The molecular formula is C22H27N3O4S. The van der Waals surface area contributed by atoms with Crippen LogP contribution >= 0.6 is 11.8 Å². The maximum Gasteiger partial charge on any atom is 0.259 e. The summed E-state index contributed by atoms with van der Waals surface area (Å²) in [4.78, 5) is 17.7. The van der Waals surface area contributed by atoms with Gasteiger partial charge in [0.15, 0.2) is 5.17 Å². The smallest absolute Gasteiger partial charge is 0.259 e. The molecule has 8 heteroatoms. The molecule has 1 amide bonds. The number of hydrogen-bond donors (Lipinski definition) is 2. The molecule has 0 radical (unpaired) electrons. The largest absolute Gasteiger partial charge is 0.497 e. The lowest BCUT2D eigenvalue weighted by Crippen LogP contribution is -2.29. The highest BCUT2D eigenvalue weighted by atomic mass is 32.2. The first-order valence-corrected chi connectivity index (χ1v) is 10.5. The minimum Gasteiger partial charge on any atom is -0.497 e. The average Bonchev–Trinajstić information content (AvgIpc) is 2.92. The predicted octanol–water partition coefficient (Wildman–Crippen LogP) is 3.31. The van der Waals surface area contributed by atoms with Crippen LogP contribution in [0.4, 0.5) is 5.69 Å². The van der Waals surface area contributed by atoms with Gasteiger partial charge in [0.2, 0.25) is 0 Å². The number of nitrogens with zero attached hydrogens (tertiary/aromatic N) is 1. The van der Waals surface area contributed by atoms with Crippen LogP contribution in [0.1, 0.15) is 18.9 Å². The lowest BCUT2D eigenvalue weighted by molar-refractivity contribution is -0.112. The van der Waals surface area contributed by atoms with Crippen molar-refractivity contribution in [3.8, 4) is 0 Å². The van der Waals surface area contributed by atoms with Gasteiger partial charge in [0.05, 0.1) is 25.3 Å². The van der Waals surface area contributed by atoms with Gasteiger partial charge in [-0.3, -0.25) is 9.79 Å². The van der Waals surface area contributed by atoms with Crippen molar-refractivity contribution in [2.75, 3.05) is 32.4 Å². The van der Waals surface area contributed by atoms with Crippen molar-refractivity contribution in [3.05, 3.63) is 65.1 Å². The molecule has 0 bridgehead atoms. The Labute approximate surface area is 181 Å². The van der Waals surface area contributed by atoms with Gasteiger partial charge < -0.3 is 25.3 Å². The first kappa shape index (κ1) is 22.0. The van der Waals surface area contributed by atoms with Gasteiger partial charge in [-0.1, -0.05) is 23.9 Å². The van der Waals surface area contributed by atoms with Crippen LogP contribution in [0, 0.1) is 0 Å². The van der Waals surface area contributed by atoms with E-state index in [1.54, 1.807) is 44.2 Å². The molecule has 1 aliphatic carbocycles. The number of hydrogen-bond acceptors (Lipinski definition) is 7. The van der Waals surface area contributed by atoms with Crippen LogP contribution in [-0.4, -0.2) is 44.3 Å². The molecule has 1 aromatic rings. The van der Waals surface area contributed by atoms with Crippen molar-refractivity contribution in [2.24, 2.45) is 10.7 Å². The minimum absolute atomic E-state index is 0.305. The van der Waals surface area contributed by atoms with Gasteiger partial charge in [0, 0.05) is 18.6 Å². The highest BCUT2D eigenvalue weighted by molar-refractivity contribution is 8.13. The van der Waals surface area contributed by atoms with Crippen molar-refractivity contribution in [3.63, 3.8) is 0 Å². The highest BCUT2D eigenvalue weighted by Crippen LogP contribution is 2.36. The maximum atomic E-state index is 13.1. The fraction of sp³-hybridized carbons (Fsp3) is 0.364. The van der Waals surface area contributed by atoms with Crippen LogP contribution in [-0.2, 0) is 24.5 Å². The van der Waals surface area contributed by atoms with E-state index in [0.29, 0.717) is 27.9 Å². The molecule has 0 saturated heterocycles. The monoisotopic (exact) mass is 429 g/mol. The number of nitrogens with two attached hydrogens (primary N) is 1. The molecule has 0 aromatic heterocycles. The molecule has 2 aliphatic rings. The number of carbonyl (C=O) groups excluding carboxylic acids is 1. The van der Waals surface area contributed by atoms with E-state index in [1.807, 2.05) is 24.3 Å². The summed E-state index contributed by atoms with van der Waals surface area (Å²) in [6.07, 6.45) is 5.46. The zero-order chi connectivity index (χ0) is 21.7. The highest BCUT2D eigenvalue weighted by Gasteiger charge is 2.30. The van der Waals surface area contributed by atoms with E-state index >= 15 is 0 Å². The third-order valence-corrected chi connectivity index (χ3v) is 5.94. The molecule has 3 rings (SSSR count). The molecule has 7 nitrogen and oxygen atoms in total. The number of thioether (sulfide) groups is 1. The number of anilines is 1. The molecule has 160 valence electrons. The summed E-state index contributed by atoms with van der Waals surface area (Å²) in [5.74, 6) is 1.59. The molecular weight excluding hydrogens is 402 g/mol. The number of benzene rings is 1. The first-order valence-electron chi connectivity index (χ1n) is 9.55. The first-order chi connectivity index (χ1) is 14.4. The summed E-state index contributed by atoms with van der Waals surface area (Å²) in [6.45, 7) is 2.06. The molecule has 30 heavy (non-hydrogen) atoms. The predicted molar refractivity (Wildman–Crippen MR) is 120 cm³/mol. The van der Waals surface area contributed by atoms with Gasteiger partial charge in [-0.05, 0) is 49.3 Å². The zero-order valence-corrected chi connectivity index (χ0v) is 18.4. The average molecular weight is 430 g/mol. The van der Waals surface area contributed by atoms with Crippen LogP contribution < -0.4 is 11.1 Å². The molecule has 0 fully saturated rings. The molecule has 2 atom stereocenters. The Morgan fingerprint density at radius 2 is 2.07 bits per heavy atom. The van der Waals surface area contributed by atoms with Crippen LogP contribution in [0.3, 0.4) is 0 Å². The van der Waals surface area contributed by atoms with Crippen molar-refractivity contribution in [2.45, 2.75) is 25.0 Å². The van der Waals surface area contributed by atoms with Crippen molar-refractivity contribution in [1.82, 2.24) is 0 Å². The lowest BCUT2D eigenvalue weighted by atomic mass is 9.89. The van der Waals surface area contributed by atoms with Gasteiger partial charge in [0.25, 0.3) is 5.91 Å². The number of nitrogens with one attached hydrogen (secondary N) is 1. The summed E-state index contributed by atoms with van der Waals surface area (Å²) in [5, 5.41) is 3.54. The van der Waals surface area contributed by atoms with Gasteiger partial charge in [-0.2, -0.15) is 0 Å². The van der Waals surface area contributed by atoms with Gasteiger partial charge in [-0.25, -0.2) is 0 Å². The van der Waals surface area contributed by atoms with E-state index in [2.05, 4.69) is 17.2 Å².